The molecule has 0 radical (unpaired) electrons. The average molecular weight is 334 g/mol. The molecule has 1 amide bonds. The van der Waals surface area contributed by atoms with Crippen LogP contribution in [0, 0.1) is 0 Å². The first kappa shape index (κ1) is 17.0. The van der Waals surface area contributed by atoms with Gasteiger partial charge in [0.15, 0.2) is 5.13 Å². The van der Waals surface area contributed by atoms with Gasteiger partial charge in [0.05, 0.1) is 18.7 Å². The molecule has 0 aliphatic heterocycles. The number of carbonyl (C=O) groups is 2. The second kappa shape index (κ2) is 8.28. The van der Waals surface area contributed by atoms with E-state index in [-0.39, 0.29) is 18.7 Å². The molecule has 2 aromatic rings. The first-order valence-electron chi connectivity index (χ1n) is 7.29. The van der Waals surface area contributed by atoms with Crippen molar-refractivity contribution in [2.45, 2.75) is 26.2 Å². The third kappa shape index (κ3) is 5.37. The van der Waals surface area contributed by atoms with Gasteiger partial charge in [0.2, 0.25) is 5.91 Å². The fourth-order valence-electron chi connectivity index (χ4n) is 1.83. The Balaban J connectivity index is 2.01. The van der Waals surface area contributed by atoms with Gasteiger partial charge in [0.1, 0.15) is 5.75 Å². The van der Waals surface area contributed by atoms with Crippen molar-refractivity contribution in [3.8, 4) is 17.0 Å². The van der Waals surface area contributed by atoms with Crippen LogP contribution in [0.4, 0.5) is 5.13 Å². The molecule has 0 unspecified atom stereocenters. The zero-order chi connectivity index (χ0) is 16.7. The SMILES string of the molecule is CCCOc1cccc(-c2csc(NC(=O)CCC(=O)O)n2)c1. The number of amides is 1. The molecule has 0 bridgehead atoms. The van der Waals surface area contributed by atoms with Gasteiger partial charge < -0.3 is 15.2 Å². The van der Waals surface area contributed by atoms with Crippen molar-refractivity contribution < 1.29 is 19.4 Å². The van der Waals surface area contributed by atoms with Crippen molar-refractivity contribution in [1.82, 2.24) is 4.98 Å². The molecule has 1 aromatic carbocycles. The van der Waals surface area contributed by atoms with Gasteiger partial charge in [-0.25, -0.2) is 4.98 Å². The Morgan fingerprint density at radius 2 is 2.17 bits per heavy atom. The second-order valence-corrected chi connectivity index (χ2v) is 5.71. The van der Waals surface area contributed by atoms with Crippen LogP contribution in [0.2, 0.25) is 0 Å². The number of aromatic nitrogens is 1. The Morgan fingerprint density at radius 3 is 2.91 bits per heavy atom. The van der Waals surface area contributed by atoms with Gasteiger partial charge in [-0.15, -0.1) is 11.3 Å². The van der Waals surface area contributed by atoms with Gasteiger partial charge in [-0.1, -0.05) is 19.1 Å². The summed E-state index contributed by atoms with van der Waals surface area (Å²) in [6.45, 7) is 2.70. The summed E-state index contributed by atoms with van der Waals surface area (Å²) in [5.74, 6) is -0.568. The molecule has 0 aliphatic rings. The zero-order valence-corrected chi connectivity index (χ0v) is 13.6. The van der Waals surface area contributed by atoms with E-state index in [1.807, 2.05) is 36.6 Å². The summed E-state index contributed by atoms with van der Waals surface area (Å²) in [5, 5.41) is 13.5. The summed E-state index contributed by atoms with van der Waals surface area (Å²) < 4.78 is 5.59. The highest BCUT2D eigenvalue weighted by Crippen LogP contribution is 2.27. The van der Waals surface area contributed by atoms with E-state index in [9.17, 15) is 9.59 Å². The summed E-state index contributed by atoms with van der Waals surface area (Å²) in [6.07, 6.45) is 0.679. The number of aliphatic carboxylic acids is 1. The van der Waals surface area contributed by atoms with Crippen LogP contribution in [0.5, 0.6) is 5.75 Å². The lowest BCUT2D eigenvalue weighted by Crippen LogP contribution is -2.12. The first-order chi connectivity index (χ1) is 11.1. The number of hydrogen-bond donors (Lipinski definition) is 2. The van der Waals surface area contributed by atoms with Crippen LogP contribution < -0.4 is 10.1 Å². The fraction of sp³-hybridized carbons (Fsp3) is 0.312. The van der Waals surface area contributed by atoms with E-state index in [1.54, 1.807) is 0 Å². The minimum Gasteiger partial charge on any atom is -0.494 e. The maximum atomic E-state index is 11.6. The highest BCUT2D eigenvalue weighted by Gasteiger charge is 2.10. The van der Waals surface area contributed by atoms with Crippen LogP contribution in [0.15, 0.2) is 29.6 Å². The molecular weight excluding hydrogens is 316 g/mol. The molecular formula is C16H18N2O4S. The maximum Gasteiger partial charge on any atom is 0.303 e. The van der Waals surface area contributed by atoms with E-state index in [0.717, 1.165) is 23.4 Å². The van der Waals surface area contributed by atoms with E-state index in [2.05, 4.69) is 10.3 Å². The number of thiazole rings is 1. The summed E-state index contributed by atoms with van der Waals surface area (Å²) >= 11 is 1.30. The van der Waals surface area contributed by atoms with Crippen LogP contribution in [-0.2, 0) is 9.59 Å². The third-order valence-electron chi connectivity index (χ3n) is 2.92. The van der Waals surface area contributed by atoms with E-state index in [0.29, 0.717) is 11.7 Å². The summed E-state index contributed by atoms with van der Waals surface area (Å²) in [4.78, 5) is 26.4. The third-order valence-corrected chi connectivity index (χ3v) is 3.68. The van der Waals surface area contributed by atoms with Crippen LogP contribution in [0.1, 0.15) is 26.2 Å². The number of benzene rings is 1. The number of ether oxygens (including phenoxy) is 1. The van der Waals surface area contributed by atoms with Crippen molar-refractivity contribution in [1.29, 1.82) is 0 Å². The molecule has 0 saturated carbocycles. The topological polar surface area (TPSA) is 88.5 Å². The maximum absolute atomic E-state index is 11.6. The van der Waals surface area contributed by atoms with Crippen molar-refractivity contribution in [3.63, 3.8) is 0 Å². The Bertz CT molecular complexity index is 684. The molecule has 23 heavy (non-hydrogen) atoms. The monoisotopic (exact) mass is 334 g/mol. The molecule has 1 aromatic heterocycles. The van der Waals surface area contributed by atoms with Gasteiger partial charge in [-0.05, 0) is 18.6 Å². The number of carboxylic acid groups (broad SMARTS) is 1. The number of rotatable bonds is 8. The molecule has 7 heteroatoms. The van der Waals surface area contributed by atoms with Gasteiger partial charge in [-0.3, -0.25) is 9.59 Å². The highest BCUT2D eigenvalue weighted by atomic mass is 32.1. The number of hydrogen-bond acceptors (Lipinski definition) is 5. The van der Waals surface area contributed by atoms with Crippen LogP contribution in [-0.4, -0.2) is 28.6 Å². The van der Waals surface area contributed by atoms with Gasteiger partial charge in [0, 0.05) is 17.4 Å². The Kier molecular flexibility index (Phi) is 6.10. The average Bonchev–Trinajstić information content (AvgIpc) is 2.99. The second-order valence-electron chi connectivity index (χ2n) is 4.86. The quantitative estimate of drug-likeness (QED) is 0.772. The van der Waals surface area contributed by atoms with Crippen LogP contribution >= 0.6 is 11.3 Å². The molecule has 2 rings (SSSR count). The fourth-order valence-corrected chi connectivity index (χ4v) is 2.57. The standard InChI is InChI=1S/C16H18N2O4S/c1-2-8-22-12-5-3-4-11(9-12)13-10-23-16(17-13)18-14(19)6-7-15(20)21/h3-5,9-10H,2,6-8H2,1H3,(H,20,21)(H,17,18,19). The Morgan fingerprint density at radius 1 is 1.35 bits per heavy atom. The van der Waals surface area contributed by atoms with E-state index >= 15 is 0 Å². The smallest absolute Gasteiger partial charge is 0.303 e. The minimum atomic E-state index is -0.996. The minimum absolute atomic E-state index is 0.0649. The molecule has 0 atom stereocenters. The molecule has 122 valence electrons. The van der Waals surface area contributed by atoms with Gasteiger partial charge >= 0.3 is 5.97 Å². The molecule has 0 spiro atoms. The first-order valence-corrected chi connectivity index (χ1v) is 8.17. The highest BCUT2D eigenvalue weighted by molar-refractivity contribution is 7.14. The number of carboxylic acids is 1. The summed E-state index contributed by atoms with van der Waals surface area (Å²) in [5.41, 5.74) is 1.64. The summed E-state index contributed by atoms with van der Waals surface area (Å²) in [7, 11) is 0. The normalized spacial score (nSPS) is 10.3. The van der Waals surface area contributed by atoms with Gasteiger partial charge in [0.25, 0.3) is 0 Å². The summed E-state index contributed by atoms with van der Waals surface area (Å²) in [6, 6.07) is 7.61. The van der Waals surface area contributed by atoms with Crippen LogP contribution in [0.3, 0.4) is 0 Å². The van der Waals surface area contributed by atoms with Gasteiger partial charge in [-0.2, -0.15) is 0 Å². The molecule has 0 aliphatic carbocycles. The lowest BCUT2D eigenvalue weighted by molar-refractivity contribution is -0.138. The predicted octanol–water partition coefficient (Wildman–Crippen LogP) is 3.40. The molecule has 6 nitrogen and oxygen atoms in total. The van der Waals surface area contributed by atoms with Crippen molar-refractivity contribution >= 4 is 28.3 Å². The number of carbonyl (C=O) groups excluding carboxylic acids is 1. The van der Waals surface area contributed by atoms with Crippen molar-refractivity contribution in [3.05, 3.63) is 29.6 Å². The lowest BCUT2D eigenvalue weighted by Gasteiger charge is -2.05. The largest absolute Gasteiger partial charge is 0.494 e. The molecule has 0 saturated heterocycles. The predicted molar refractivity (Wildman–Crippen MR) is 88.8 cm³/mol. The number of nitrogens with one attached hydrogen (secondary N) is 1. The molecule has 2 N–H and O–H groups in total. The Labute approximate surface area is 138 Å². The van der Waals surface area contributed by atoms with Crippen molar-refractivity contribution in [2.75, 3.05) is 11.9 Å². The molecule has 1 heterocycles. The van der Waals surface area contributed by atoms with E-state index < -0.39 is 5.97 Å². The Hall–Kier alpha value is -2.41. The van der Waals surface area contributed by atoms with Crippen molar-refractivity contribution in [2.24, 2.45) is 0 Å². The van der Waals surface area contributed by atoms with E-state index in [1.165, 1.54) is 11.3 Å². The number of anilines is 1. The van der Waals surface area contributed by atoms with E-state index in [4.69, 9.17) is 9.84 Å². The number of nitrogens with zero attached hydrogens (tertiary/aromatic N) is 1. The molecule has 0 fully saturated rings. The zero-order valence-electron chi connectivity index (χ0n) is 12.7. The van der Waals surface area contributed by atoms with Crippen LogP contribution in [0.25, 0.3) is 11.3 Å². The lowest BCUT2D eigenvalue weighted by atomic mass is 10.2.